The molecule has 0 unspecified atom stereocenters. The highest BCUT2D eigenvalue weighted by atomic mass is 32.2. The molecule has 0 aliphatic carbocycles. The largest absolute Gasteiger partial charge is 0.312 e. The van der Waals surface area contributed by atoms with Gasteiger partial charge in [-0.15, -0.1) is 6.58 Å². The van der Waals surface area contributed by atoms with Gasteiger partial charge in [-0.1, -0.05) is 41.2 Å². The van der Waals surface area contributed by atoms with E-state index in [0.29, 0.717) is 42.2 Å². The van der Waals surface area contributed by atoms with Gasteiger partial charge in [-0.05, 0) is 62.9 Å². The first-order valence-corrected chi connectivity index (χ1v) is 13.3. The van der Waals surface area contributed by atoms with Crippen molar-refractivity contribution in [1.82, 2.24) is 8.87 Å². The zero-order valence-corrected chi connectivity index (χ0v) is 20.9. The first-order valence-electron chi connectivity index (χ1n) is 11.1. The maximum Gasteiger partial charge on any atom is 0.251 e. The Hall–Kier alpha value is -2.55. The van der Waals surface area contributed by atoms with Crippen molar-refractivity contribution in [3.8, 4) is 0 Å². The standard InChI is InChI=1S/C25H29N3O3S2/c1-5-12-28-22-16-18(3)15-19(4)23(22)32-25(28)26-24(29)20-10-13-27(14-11-20)33(30,31)21-8-6-17(2)7-9-21/h5-9,15-16,20H,1,10-14H2,2-4H3. The molecule has 0 N–H and O–H groups in total. The predicted octanol–water partition coefficient (Wildman–Crippen LogP) is 4.34. The number of piperidine rings is 1. The lowest BCUT2D eigenvalue weighted by Crippen LogP contribution is -2.40. The molecule has 0 saturated carbocycles. The number of nitrogens with zero attached hydrogens (tertiary/aromatic N) is 3. The highest BCUT2D eigenvalue weighted by molar-refractivity contribution is 7.89. The number of benzene rings is 2. The number of rotatable bonds is 5. The lowest BCUT2D eigenvalue weighted by atomic mass is 9.98. The predicted molar refractivity (Wildman–Crippen MR) is 133 cm³/mol. The van der Waals surface area contributed by atoms with Crippen LogP contribution < -0.4 is 4.80 Å². The second-order valence-electron chi connectivity index (χ2n) is 8.66. The molecule has 1 amide bonds. The lowest BCUT2D eigenvalue weighted by molar-refractivity contribution is -0.122. The number of aryl methyl sites for hydroxylation is 3. The van der Waals surface area contributed by atoms with Crippen LogP contribution in [0.4, 0.5) is 0 Å². The molecule has 1 aliphatic rings. The summed E-state index contributed by atoms with van der Waals surface area (Å²) < 4.78 is 30.5. The summed E-state index contributed by atoms with van der Waals surface area (Å²) in [5.74, 6) is -0.458. The summed E-state index contributed by atoms with van der Waals surface area (Å²) in [6.45, 7) is 11.1. The average Bonchev–Trinajstić information content (AvgIpc) is 3.12. The molecule has 2 aromatic carbocycles. The summed E-state index contributed by atoms with van der Waals surface area (Å²) in [5.41, 5.74) is 4.40. The fourth-order valence-electron chi connectivity index (χ4n) is 4.29. The van der Waals surface area contributed by atoms with E-state index < -0.39 is 10.0 Å². The van der Waals surface area contributed by atoms with E-state index >= 15 is 0 Å². The molecule has 0 bridgehead atoms. The second-order valence-corrected chi connectivity index (χ2v) is 11.6. The number of amides is 1. The number of carbonyl (C=O) groups excluding carboxylic acids is 1. The van der Waals surface area contributed by atoms with E-state index in [9.17, 15) is 13.2 Å². The minimum Gasteiger partial charge on any atom is -0.312 e. The summed E-state index contributed by atoms with van der Waals surface area (Å²) >= 11 is 1.52. The minimum absolute atomic E-state index is 0.180. The van der Waals surface area contributed by atoms with Gasteiger partial charge in [0.2, 0.25) is 10.0 Å². The van der Waals surface area contributed by atoms with Gasteiger partial charge in [0.15, 0.2) is 4.80 Å². The smallest absolute Gasteiger partial charge is 0.251 e. The molecular formula is C25H29N3O3S2. The molecule has 0 atom stereocenters. The van der Waals surface area contributed by atoms with Gasteiger partial charge < -0.3 is 4.57 Å². The van der Waals surface area contributed by atoms with E-state index in [2.05, 4.69) is 37.6 Å². The van der Waals surface area contributed by atoms with Gasteiger partial charge in [-0.2, -0.15) is 9.30 Å². The quantitative estimate of drug-likeness (QED) is 0.507. The molecule has 2 heterocycles. The molecule has 1 aromatic heterocycles. The summed E-state index contributed by atoms with van der Waals surface area (Å²) in [7, 11) is -3.55. The third-order valence-corrected chi connectivity index (χ3v) is 9.24. The monoisotopic (exact) mass is 483 g/mol. The lowest BCUT2D eigenvalue weighted by Gasteiger charge is -2.29. The zero-order valence-electron chi connectivity index (χ0n) is 19.2. The number of thiazole rings is 1. The van der Waals surface area contributed by atoms with Crippen molar-refractivity contribution in [3.05, 3.63) is 70.5 Å². The van der Waals surface area contributed by atoms with Crippen LogP contribution in [0, 0.1) is 26.7 Å². The number of hydrogen-bond acceptors (Lipinski definition) is 4. The maximum atomic E-state index is 13.0. The number of aromatic nitrogens is 1. The maximum absolute atomic E-state index is 13.0. The van der Waals surface area contributed by atoms with Crippen molar-refractivity contribution in [2.45, 2.75) is 45.1 Å². The van der Waals surface area contributed by atoms with Crippen LogP contribution in [0.25, 0.3) is 10.2 Å². The van der Waals surface area contributed by atoms with Crippen molar-refractivity contribution in [3.63, 3.8) is 0 Å². The molecule has 1 fully saturated rings. The van der Waals surface area contributed by atoms with Gasteiger partial charge in [0, 0.05) is 25.6 Å². The number of carbonyl (C=O) groups is 1. The molecule has 3 aromatic rings. The highest BCUT2D eigenvalue weighted by Crippen LogP contribution is 2.26. The van der Waals surface area contributed by atoms with Crippen molar-refractivity contribution < 1.29 is 13.2 Å². The van der Waals surface area contributed by atoms with Gasteiger partial charge in [-0.25, -0.2) is 8.42 Å². The normalized spacial score (nSPS) is 16.4. The van der Waals surface area contributed by atoms with Crippen LogP contribution in [-0.4, -0.2) is 36.3 Å². The fraction of sp³-hybridized carbons (Fsp3) is 0.360. The van der Waals surface area contributed by atoms with Gasteiger partial charge in [0.1, 0.15) is 0 Å². The number of allylic oxidation sites excluding steroid dienone is 1. The van der Waals surface area contributed by atoms with E-state index in [1.807, 2.05) is 17.6 Å². The van der Waals surface area contributed by atoms with Crippen LogP contribution >= 0.6 is 11.3 Å². The van der Waals surface area contributed by atoms with Crippen LogP contribution in [-0.2, 0) is 21.4 Å². The number of hydrogen-bond donors (Lipinski definition) is 0. The Labute approximate surface area is 199 Å². The highest BCUT2D eigenvalue weighted by Gasteiger charge is 2.32. The summed E-state index contributed by atoms with van der Waals surface area (Å²) in [6, 6.07) is 11.1. The van der Waals surface area contributed by atoms with Crippen molar-refractivity contribution in [1.29, 1.82) is 0 Å². The third-order valence-electron chi connectivity index (χ3n) is 6.09. The molecule has 6 nitrogen and oxygen atoms in total. The topological polar surface area (TPSA) is 71.7 Å². The van der Waals surface area contributed by atoms with E-state index in [0.717, 1.165) is 26.9 Å². The summed E-state index contributed by atoms with van der Waals surface area (Å²) in [4.78, 5) is 18.5. The second kappa shape index (κ2) is 9.37. The van der Waals surface area contributed by atoms with Crippen molar-refractivity contribution >= 4 is 37.5 Å². The Bertz CT molecular complexity index is 1370. The van der Waals surface area contributed by atoms with E-state index in [4.69, 9.17) is 0 Å². The van der Waals surface area contributed by atoms with E-state index in [1.165, 1.54) is 15.6 Å². The molecule has 174 valence electrons. The molecule has 1 saturated heterocycles. The number of sulfonamides is 1. The third kappa shape index (κ3) is 4.74. The Balaban J connectivity index is 1.55. The first-order chi connectivity index (χ1) is 15.7. The Kier molecular flexibility index (Phi) is 6.70. The Morgan fingerprint density at radius 1 is 1.12 bits per heavy atom. The van der Waals surface area contributed by atoms with Gasteiger partial charge >= 0.3 is 0 Å². The van der Waals surface area contributed by atoms with E-state index in [1.54, 1.807) is 24.3 Å². The molecule has 1 aliphatic heterocycles. The first kappa shape index (κ1) is 23.6. The molecule has 0 radical (unpaired) electrons. The summed E-state index contributed by atoms with van der Waals surface area (Å²) in [5, 5.41) is 0. The molecule has 8 heteroatoms. The van der Waals surface area contributed by atoms with Crippen LogP contribution in [0.2, 0.25) is 0 Å². The minimum atomic E-state index is -3.55. The molecular weight excluding hydrogens is 454 g/mol. The fourth-order valence-corrected chi connectivity index (χ4v) is 6.86. The van der Waals surface area contributed by atoms with Gasteiger partial charge in [0.05, 0.1) is 15.1 Å². The van der Waals surface area contributed by atoms with Crippen molar-refractivity contribution in [2.75, 3.05) is 13.1 Å². The SMILES string of the molecule is C=CCn1c(=NC(=O)C2CCN(S(=O)(=O)c3ccc(C)cc3)CC2)sc2c(C)cc(C)cc21. The molecule has 33 heavy (non-hydrogen) atoms. The number of fused-ring (bicyclic) bond motifs is 1. The van der Waals surface area contributed by atoms with Gasteiger partial charge in [0.25, 0.3) is 5.91 Å². The Morgan fingerprint density at radius 3 is 2.42 bits per heavy atom. The van der Waals surface area contributed by atoms with Crippen molar-refractivity contribution in [2.24, 2.45) is 10.9 Å². The molecule has 0 spiro atoms. The van der Waals surface area contributed by atoms with E-state index in [-0.39, 0.29) is 11.8 Å². The summed E-state index contributed by atoms with van der Waals surface area (Å²) in [6.07, 6.45) is 2.75. The average molecular weight is 484 g/mol. The van der Waals surface area contributed by atoms with Crippen LogP contribution in [0.5, 0.6) is 0 Å². The zero-order chi connectivity index (χ0) is 23.8. The Morgan fingerprint density at radius 2 is 1.79 bits per heavy atom. The van der Waals surface area contributed by atoms with Gasteiger partial charge in [-0.3, -0.25) is 4.79 Å². The van der Waals surface area contributed by atoms with Crippen LogP contribution in [0.3, 0.4) is 0 Å². The van der Waals surface area contributed by atoms with Crippen LogP contribution in [0.15, 0.2) is 58.9 Å². The van der Waals surface area contributed by atoms with Crippen LogP contribution in [0.1, 0.15) is 29.5 Å². The molecule has 4 rings (SSSR count).